The molecule has 0 spiro atoms. The van der Waals surface area contributed by atoms with Gasteiger partial charge in [0.25, 0.3) is 6.71 Å². The van der Waals surface area contributed by atoms with Crippen LogP contribution in [0.2, 0.25) is 5.02 Å². The summed E-state index contributed by atoms with van der Waals surface area (Å²) >= 11 is 17.1. The van der Waals surface area contributed by atoms with E-state index in [9.17, 15) is 0 Å². The van der Waals surface area contributed by atoms with E-state index in [2.05, 4.69) is 547 Å². The molecule has 4 aromatic heterocycles. The van der Waals surface area contributed by atoms with Crippen LogP contribution in [0.3, 0.4) is 0 Å². The Morgan fingerprint density at radius 3 is 0.881 bits per heavy atom. The molecule has 24 rings (SSSR count). The first-order chi connectivity index (χ1) is 68.4. The number of hydrogen-bond donors (Lipinski definition) is 0. The predicted octanol–water partition coefficient (Wildman–Crippen LogP) is 35.3. The van der Waals surface area contributed by atoms with Crippen molar-refractivity contribution in [1.82, 2.24) is 0 Å². The van der Waals surface area contributed by atoms with Gasteiger partial charge in [-0.1, -0.05) is 374 Å². The van der Waals surface area contributed by atoms with Crippen molar-refractivity contribution in [3.63, 3.8) is 0 Å². The molecule has 0 atom stereocenters. The van der Waals surface area contributed by atoms with Crippen molar-refractivity contribution in [2.75, 3.05) is 19.6 Å². The van der Waals surface area contributed by atoms with Gasteiger partial charge < -0.3 is 43.2 Å². The third-order valence-electron chi connectivity index (χ3n) is 27.3. The Labute approximate surface area is 881 Å². The molecule has 2 aliphatic rings. The van der Waals surface area contributed by atoms with Crippen molar-refractivity contribution in [2.45, 2.75) is 126 Å². The van der Waals surface area contributed by atoms with Crippen LogP contribution in [0.25, 0.3) is 132 Å². The molecule has 0 saturated carbocycles. The molecule has 0 aliphatic carbocycles. The number of fused-ring (bicyclic) bond motifs is 16. The molecule has 0 bridgehead atoms. The van der Waals surface area contributed by atoms with Gasteiger partial charge in [0.1, 0.15) is 44.7 Å². The van der Waals surface area contributed by atoms with Crippen LogP contribution in [0.4, 0.5) is 68.2 Å². The van der Waals surface area contributed by atoms with E-state index >= 15 is 0 Å². The minimum Gasteiger partial charge on any atom is -0.455 e. The van der Waals surface area contributed by atoms with Crippen LogP contribution in [0.1, 0.15) is 126 Å². The van der Waals surface area contributed by atoms with Gasteiger partial charge in [0.2, 0.25) is 0 Å². The third kappa shape index (κ3) is 18.3. The topological polar surface area (TPSA) is 65.5 Å². The Balaban J connectivity index is 0.000000162. The summed E-state index contributed by atoms with van der Waals surface area (Å²) in [5.41, 5.74) is 37.1. The zero-order valence-corrected chi connectivity index (χ0v) is 89.1. The van der Waals surface area contributed by atoms with Gasteiger partial charge in [-0.2, -0.15) is 20.8 Å². The molecule has 6 heterocycles. The largest absolute Gasteiger partial charge is 1.00 e. The van der Waals surface area contributed by atoms with E-state index in [4.69, 9.17) is 29.3 Å². The maximum atomic E-state index is 7.74. The molecule has 0 amide bonds. The summed E-state index contributed by atoms with van der Waals surface area (Å²) in [6.45, 7) is 33.2. The van der Waals surface area contributed by atoms with Gasteiger partial charge in [0.15, 0.2) is 0 Å². The zero-order valence-electron chi connectivity index (χ0n) is 83.5. The summed E-state index contributed by atoms with van der Waals surface area (Å²) in [6, 6.07) is 139. The smallest absolute Gasteiger partial charge is 0.455 e. The Bertz CT molecular complexity index is 8300. The number of para-hydroxylation sites is 12. The zero-order chi connectivity index (χ0) is 98.5. The maximum absolute atomic E-state index is 7.74. The summed E-state index contributed by atoms with van der Waals surface area (Å²) in [7, 11) is 0. The Hall–Kier alpha value is -13.2. The second-order valence-corrected chi connectivity index (χ2v) is 48.5. The number of hydrogen-bond acceptors (Lipinski definition) is 8. The fourth-order valence-corrected chi connectivity index (χ4v) is 21.3. The molecule has 0 radical (unpaired) electrons. The minimum atomic E-state index is -0.0644. The Kier molecular flexibility index (Phi) is 26.6. The molecular weight excluding hydrogens is 1960 g/mol. The van der Waals surface area contributed by atoms with Gasteiger partial charge >= 0.3 is 22.0 Å². The molecule has 8 nitrogen and oxygen atoms in total. The molecule has 22 aromatic rings. The molecule has 0 fully saturated rings. The van der Waals surface area contributed by atoms with Crippen LogP contribution >= 0.6 is 58.9 Å². The van der Waals surface area contributed by atoms with E-state index in [1.54, 1.807) is 0 Å². The Morgan fingerprint density at radius 2 is 0.531 bits per heavy atom. The second-order valence-electron chi connectivity index (χ2n) is 41.7. The fourth-order valence-electron chi connectivity index (χ4n) is 21.0. The first-order valence-electron chi connectivity index (χ1n) is 48.7. The van der Waals surface area contributed by atoms with Crippen LogP contribution in [0.5, 0.6) is 0 Å². The summed E-state index contributed by atoms with van der Waals surface area (Å²) in [6.07, 6.45) is 0. The van der Waals surface area contributed by atoms with Crippen molar-refractivity contribution in [3.8, 4) is 44.5 Å². The van der Waals surface area contributed by atoms with Gasteiger partial charge in [-0.05, 0) is 169 Å². The normalized spacial score (nSPS) is 12.4. The van der Waals surface area contributed by atoms with Crippen LogP contribution in [0.15, 0.2) is 406 Å². The number of nitrogens with zero attached hydrogens (tertiary/aromatic N) is 4. The molecule has 15 heteroatoms. The molecular formula is C128H109B2Br3ClLiN4O4. The molecule has 700 valence electrons. The van der Waals surface area contributed by atoms with E-state index in [0.717, 1.165) is 183 Å². The fraction of sp³-hybridized carbons (Fsp3) is 0.148. The number of rotatable bonds is 12. The maximum Gasteiger partial charge on any atom is 1.00 e. The molecule has 143 heavy (non-hydrogen) atoms. The van der Waals surface area contributed by atoms with Gasteiger partial charge in [-0.25, -0.2) is 0 Å². The van der Waals surface area contributed by atoms with Gasteiger partial charge in [0.05, 0.1) is 16.4 Å². The quantitative estimate of drug-likeness (QED) is 0.0886. The summed E-state index contributed by atoms with van der Waals surface area (Å²) in [4.78, 5) is 9.39. The van der Waals surface area contributed by atoms with Crippen molar-refractivity contribution >= 4 is 241 Å². The van der Waals surface area contributed by atoms with E-state index in [1.807, 2.05) is 12.1 Å². The van der Waals surface area contributed by atoms with Crippen molar-refractivity contribution < 1.29 is 36.5 Å². The van der Waals surface area contributed by atoms with E-state index in [1.165, 1.54) is 61.6 Å². The van der Waals surface area contributed by atoms with Gasteiger partial charge in [-0.3, -0.25) is 0 Å². The standard InChI is InChI=1S/C62H49BN2O2.C62H51ClN2O2.C4H9.BBr3.Li/c1-61(2,3)48-25-14-23-46-44-21-12-19-42(57(44)66-59(46)48)38-31-34-41(35-32-38)65-53-36-33-39(43-20-13-22-45-47-24-15-26-49(62(4,5)6)60(47)67-58(43)45)37-51(53)63-50-27-10-11-28-52(50)64(40-17-8-7-9-18-40)54-29-16-30-55(65)56(54)63;1-61(2,3)52-28-15-26-50-48-24-13-22-46(57(48)66-59(50)52)40-32-36-44(37-33-40)65(55-31-17-30-54(56(55)63)64(42-18-9-7-10-19-42)43-20-11-8-12-21-43)45-38-34-41(35-39-45)47-23-14-25-49-51-27-16-29-53(62(4,5)6)60(51)67-58(47)49;1-4(2)3;2-1(3)4;/h7-37H,1-6H3;7-39H,1-6H3;1-3H3;;/q;;-1;;+1. The molecule has 2 aliphatic heterocycles. The number of furan rings is 4. The van der Waals surface area contributed by atoms with Crippen LogP contribution < -0.4 is 54.8 Å². The predicted molar refractivity (Wildman–Crippen MR) is 620 cm³/mol. The van der Waals surface area contributed by atoms with E-state index in [0.29, 0.717) is 5.02 Å². The molecule has 0 saturated heterocycles. The van der Waals surface area contributed by atoms with Crippen molar-refractivity contribution in [2.24, 2.45) is 0 Å². The number of anilines is 12. The average Bonchev–Trinajstić information content (AvgIpc) is 1.68. The second kappa shape index (κ2) is 39.2. The first-order valence-corrected chi connectivity index (χ1v) is 51.9. The monoisotopic (exact) mass is 2070 g/mol. The SMILES string of the molecule is BrB(Br)Br.CC(C)(C)c1cccc2c1oc1c(-c3ccc(N(c4ccc(-c5cccc6c5oc5c(C(C)(C)C)cccc56)cc4)c4cccc(N(c5ccccc5)c5ccccc5)c4Cl)cc3)cccc12.CC(C)(C)c1cccc2c1oc1c(-c3ccc(N4c5ccc(-c6cccc7c6oc6c(C(C)(C)C)cccc67)cc5B5c6ccccc6N(c6ccccc6)c6cccc4c65)cc3)cccc12.C[C-](C)C.[Li+]. The first kappa shape index (κ1) is 97.3. The van der Waals surface area contributed by atoms with Gasteiger partial charge in [0, 0.05) is 144 Å². The minimum absolute atomic E-state index is 0. The summed E-state index contributed by atoms with van der Waals surface area (Å²) < 4.78 is 27.7. The van der Waals surface area contributed by atoms with E-state index in [-0.39, 0.29) is 50.4 Å². The Morgan fingerprint density at radius 1 is 0.273 bits per heavy atom. The number of benzene rings is 18. The average molecular weight is 2070 g/mol. The number of halogens is 4. The van der Waals surface area contributed by atoms with Crippen molar-refractivity contribution in [3.05, 3.63) is 421 Å². The van der Waals surface area contributed by atoms with Crippen molar-refractivity contribution in [1.29, 1.82) is 0 Å². The molecule has 0 N–H and O–H groups in total. The third-order valence-corrected chi connectivity index (χ3v) is 27.7. The summed E-state index contributed by atoms with van der Waals surface area (Å²) in [5.74, 6) is 1.42. The molecule has 18 aromatic carbocycles. The molecule has 0 unspecified atom stereocenters. The summed E-state index contributed by atoms with van der Waals surface area (Å²) in [5, 5.41) is 9.71. The van der Waals surface area contributed by atoms with E-state index < -0.39 is 0 Å². The van der Waals surface area contributed by atoms with Crippen LogP contribution in [0, 0.1) is 5.92 Å². The van der Waals surface area contributed by atoms with Crippen LogP contribution in [-0.2, 0) is 21.7 Å². The van der Waals surface area contributed by atoms with Gasteiger partial charge in [-0.15, -0.1) is 47.3 Å². The van der Waals surface area contributed by atoms with Crippen LogP contribution in [-0.4, -0.2) is 9.90 Å².